The summed E-state index contributed by atoms with van der Waals surface area (Å²) in [6.45, 7) is -0.318. The Morgan fingerprint density at radius 3 is 2.68 bits per heavy atom. The summed E-state index contributed by atoms with van der Waals surface area (Å²) >= 11 is 6.41. The van der Waals surface area contributed by atoms with Crippen molar-refractivity contribution in [1.82, 2.24) is 14.5 Å². The number of nitrogens with one attached hydrogen (secondary N) is 1. The van der Waals surface area contributed by atoms with Gasteiger partial charge < -0.3 is 15.5 Å². The van der Waals surface area contributed by atoms with Gasteiger partial charge in [0.15, 0.2) is 6.61 Å². The molecule has 168 valence electrons. The van der Waals surface area contributed by atoms with Gasteiger partial charge in [0.05, 0.1) is 27.8 Å². The van der Waals surface area contributed by atoms with Crippen molar-refractivity contribution < 1.29 is 9.53 Å². The number of H-pyrrole nitrogens is 1. The molecular formula is C25H17ClN4O4. The number of carbonyl (C=O) groups excluding carboxylic acids is 1. The molecule has 0 aliphatic rings. The Morgan fingerprint density at radius 2 is 1.85 bits per heavy atom. The number of nitrogens with zero attached hydrogens (tertiary/aromatic N) is 2. The van der Waals surface area contributed by atoms with Crippen molar-refractivity contribution in [2.75, 3.05) is 6.61 Å². The van der Waals surface area contributed by atoms with Crippen LogP contribution in [0.2, 0.25) is 5.02 Å². The first kappa shape index (κ1) is 21.4. The maximum atomic E-state index is 13.4. The first-order chi connectivity index (χ1) is 16.4. The van der Waals surface area contributed by atoms with Gasteiger partial charge in [-0.25, -0.2) is 9.36 Å². The van der Waals surface area contributed by atoms with E-state index in [-0.39, 0.29) is 6.61 Å². The number of carbonyl (C=O) groups is 1. The number of nitrogens with two attached hydrogens (primary N) is 1. The number of rotatable bonds is 5. The number of benzene rings is 3. The van der Waals surface area contributed by atoms with Crippen molar-refractivity contribution in [3.63, 3.8) is 0 Å². The van der Waals surface area contributed by atoms with Crippen molar-refractivity contribution in [3.05, 3.63) is 98.9 Å². The monoisotopic (exact) mass is 472 g/mol. The SMILES string of the molecule is NC(=O)COc1cccc(Cl)c1-c1ccc2c(=O)n(-c3cncc4ccccc34)c(=O)[nH]c2c1. The molecule has 2 heterocycles. The molecule has 0 aliphatic heterocycles. The molecule has 0 saturated carbocycles. The molecular weight excluding hydrogens is 456 g/mol. The van der Waals surface area contributed by atoms with Crippen LogP contribution in [0.25, 0.3) is 38.5 Å². The lowest BCUT2D eigenvalue weighted by Gasteiger charge is -2.13. The van der Waals surface area contributed by atoms with Gasteiger partial charge in [-0.05, 0) is 29.8 Å². The van der Waals surface area contributed by atoms with E-state index in [1.165, 1.54) is 6.20 Å². The smallest absolute Gasteiger partial charge is 0.333 e. The fourth-order valence-electron chi connectivity index (χ4n) is 3.92. The summed E-state index contributed by atoms with van der Waals surface area (Å²) in [6, 6.07) is 17.3. The van der Waals surface area contributed by atoms with E-state index in [9.17, 15) is 14.4 Å². The Hall–Kier alpha value is -4.43. The molecule has 5 rings (SSSR count). The summed E-state index contributed by atoms with van der Waals surface area (Å²) in [7, 11) is 0. The number of ether oxygens (including phenoxy) is 1. The van der Waals surface area contributed by atoms with Crippen LogP contribution in [0.15, 0.2) is 82.6 Å². The van der Waals surface area contributed by atoms with Crippen molar-refractivity contribution >= 4 is 39.2 Å². The highest BCUT2D eigenvalue weighted by Crippen LogP contribution is 2.37. The molecule has 8 nitrogen and oxygen atoms in total. The normalized spacial score (nSPS) is 11.1. The van der Waals surface area contributed by atoms with Crippen molar-refractivity contribution in [2.45, 2.75) is 0 Å². The maximum Gasteiger partial charge on any atom is 0.333 e. The van der Waals surface area contributed by atoms with Crippen LogP contribution in [0.1, 0.15) is 0 Å². The number of amides is 1. The largest absolute Gasteiger partial charge is 0.483 e. The van der Waals surface area contributed by atoms with E-state index in [0.29, 0.717) is 38.5 Å². The van der Waals surface area contributed by atoms with Crippen LogP contribution in [0, 0.1) is 0 Å². The van der Waals surface area contributed by atoms with Crippen LogP contribution < -0.4 is 21.7 Å². The Balaban J connectivity index is 1.69. The average molecular weight is 473 g/mol. The minimum absolute atomic E-state index is 0.308. The van der Waals surface area contributed by atoms with Gasteiger partial charge in [0.1, 0.15) is 5.75 Å². The fourth-order valence-corrected chi connectivity index (χ4v) is 4.20. The molecule has 9 heteroatoms. The van der Waals surface area contributed by atoms with E-state index in [1.54, 1.807) is 42.6 Å². The molecule has 5 aromatic rings. The number of halogens is 1. The predicted molar refractivity (Wildman–Crippen MR) is 131 cm³/mol. The summed E-state index contributed by atoms with van der Waals surface area (Å²) in [5, 5.41) is 2.22. The van der Waals surface area contributed by atoms with E-state index in [1.807, 2.05) is 24.3 Å². The highest BCUT2D eigenvalue weighted by atomic mass is 35.5. The van der Waals surface area contributed by atoms with Gasteiger partial charge in [0.2, 0.25) is 0 Å². The Labute approximate surface area is 197 Å². The van der Waals surface area contributed by atoms with Gasteiger partial charge in [-0.1, -0.05) is 48.0 Å². The van der Waals surface area contributed by atoms with E-state index in [4.69, 9.17) is 22.1 Å². The van der Waals surface area contributed by atoms with Gasteiger partial charge in [-0.2, -0.15) is 0 Å². The number of aromatic nitrogens is 3. The Kier molecular flexibility index (Phi) is 5.35. The zero-order valence-electron chi connectivity index (χ0n) is 17.6. The van der Waals surface area contributed by atoms with Crippen LogP contribution in [0.4, 0.5) is 0 Å². The second kappa shape index (κ2) is 8.49. The summed E-state index contributed by atoms with van der Waals surface area (Å²) in [5.74, 6) is -0.277. The number of aromatic amines is 1. The minimum atomic E-state index is -0.628. The summed E-state index contributed by atoms with van der Waals surface area (Å²) < 4.78 is 6.59. The van der Waals surface area contributed by atoms with Gasteiger partial charge >= 0.3 is 5.69 Å². The third-order valence-corrected chi connectivity index (χ3v) is 5.73. The van der Waals surface area contributed by atoms with E-state index < -0.39 is 17.2 Å². The first-order valence-corrected chi connectivity index (χ1v) is 10.6. The van der Waals surface area contributed by atoms with Crippen molar-refractivity contribution in [3.8, 4) is 22.6 Å². The zero-order valence-corrected chi connectivity index (χ0v) is 18.4. The van der Waals surface area contributed by atoms with E-state index >= 15 is 0 Å². The number of fused-ring (bicyclic) bond motifs is 2. The second-order valence-corrected chi connectivity index (χ2v) is 7.99. The molecule has 0 fully saturated rings. The molecule has 1 amide bonds. The predicted octanol–water partition coefficient (Wildman–Crippen LogP) is 3.41. The average Bonchev–Trinajstić information content (AvgIpc) is 2.82. The molecule has 0 atom stereocenters. The molecule has 0 unspecified atom stereocenters. The molecule has 0 bridgehead atoms. The number of primary amides is 1. The summed E-state index contributed by atoms with van der Waals surface area (Å²) in [4.78, 5) is 44.5. The van der Waals surface area contributed by atoms with Crippen molar-refractivity contribution in [2.24, 2.45) is 5.73 Å². The summed E-state index contributed by atoms with van der Waals surface area (Å²) in [5.41, 5.74) is 5.94. The second-order valence-electron chi connectivity index (χ2n) is 7.58. The highest BCUT2D eigenvalue weighted by molar-refractivity contribution is 6.33. The first-order valence-electron chi connectivity index (χ1n) is 10.3. The molecule has 3 aromatic carbocycles. The molecule has 2 aromatic heterocycles. The van der Waals surface area contributed by atoms with Gasteiger partial charge in [0.25, 0.3) is 11.5 Å². The van der Waals surface area contributed by atoms with Crippen molar-refractivity contribution in [1.29, 1.82) is 0 Å². The molecule has 0 saturated heterocycles. The third-order valence-electron chi connectivity index (χ3n) is 5.42. The molecule has 34 heavy (non-hydrogen) atoms. The van der Waals surface area contributed by atoms with Crippen LogP contribution >= 0.6 is 11.6 Å². The maximum absolute atomic E-state index is 13.4. The number of hydrogen-bond donors (Lipinski definition) is 2. The Bertz CT molecular complexity index is 1700. The van der Waals surface area contributed by atoms with Crippen LogP contribution in [0.3, 0.4) is 0 Å². The molecule has 0 radical (unpaired) electrons. The van der Waals surface area contributed by atoms with Gasteiger partial charge in [-0.15, -0.1) is 0 Å². The van der Waals surface area contributed by atoms with Gasteiger partial charge in [0, 0.05) is 22.5 Å². The lowest BCUT2D eigenvalue weighted by atomic mass is 10.0. The molecule has 3 N–H and O–H groups in total. The van der Waals surface area contributed by atoms with E-state index in [0.717, 1.165) is 15.3 Å². The standard InChI is InChI=1S/C25H17ClN4O4/c26-18-6-3-7-21(34-13-22(27)31)23(18)14-8-9-17-19(10-14)29-25(33)30(24(17)32)20-12-28-11-15-4-1-2-5-16(15)20/h1-12H,13H2,(H2,27,31)(H,29,33). The number of pyridine rings is 1. The third kappa shape index (κ3) is 3.70. The lowest BCUT2D eigenvalue weighted by molar-refractivity contribution is -0.119. The quantitative estimate of drug-likeness (QED) is 0.406. The van der Waals surface area contributed by atoms with Gasteiger partial charge in [-0.3, -0.25) is 14.6 Å². The van der Waals surface area contributed by atoms with Crippen LogP contribution in [-0.4, -0.2) is 27.0 Å². The fraction of sp³-hybridized carbons (Fsp3) is 0.0400. The van der Waals surface area contributed by atoms with E-state index in [2.05, 4.69) is 9.97 Å². The Morgan fingerprint density at radius 1 is 1.03 bits per heavy atom. The number of hydrogen-bond acceptors (Lipinski definition) is 5. The minimum Gasteiger partial charge on any atom is -0.483 e. The molecule has 0 aliphatic carbocycles. The lowest BCUT2D eigenvalue weighted by Crippen LogP contribution is -2.33. The topological polar surface area (TPSA) is 120 Å². The van der Waals surface area contributed by atoms with Crippen LogP contribution in [-0.2, 0) is 4.79 Å². The summed E-state index contributed by atoms with van der Waals surface area (Å²) in [6.07, 6.45) is 3.16. The molecule has 0 spiro atoms. The van der Waals surface area contributed by atoms with Crippen LogP contribution in [0.5, 0.6) is 5.75 Å². The zero-order chi connectivity index (χ0) is 23.8. The highest BCUT2D eigenvalue weighted by Gasteiger charge is 2.16.